The molecule has 0 fully saturated rings. The van der Waals surface area contributed by atoms with Crippen molar-refractivity contribution in [3.8, 4) is 17.6 Å². The van der Waals surface area contributed by atoms with Gasteiger partial charge in [-0.2, -0.15) is 5.26 Å². The third kappa shape index (κ3) is 5.62. The molecule has 10 heteroatoms. The van der Waals surface area contributed by atoms with Gasteiger partial charge in [-0.15, -0.1) is 13.2 Å². The standard InChI is InChI=1S/C21H21F3N2O4S/c1-11-16(31(5)29)9-13(20(2,3)4)18(27)17(11)19(28)26-14-7-6-12(10-25)8-15(14)30-21(22,23)24/h6-9,27H,1-5H3,(H,26,28). The average Bonchev–Trinajstić information content (AvgIpc) is 2.60. The lowest BCUT2D eigenvalue weighted by Gasteiger charge is -2.24. The number of rotatable bonds is 4. The fourth-order valence-electron chi connectivity index (χ4n) is 2.98. The first-order valence-corrected chi connectivity index (χ1v) is 10.5. The molecule has 2 N–H and O–H groups in total. The highest BCUT2D eigenvalue weighted by molar-refractivity contribution is 7.90. The molecule has 0 saturated carbocycles. The van der Waals surface area contributed by atoms with Crippen molar-refractivity contribution in [2.24, 2.45) is 0 Å². The zero-order valence-corrected chi connectivity index (χ0v) is 18.3. The first-order chi connectivity index (χ1) is 14.2. The molecule has 0 spiro atoms. The van der Waals surface area contributed by atoms with Crippen molar-refractivity contribution < 1.29 is 32.4 Å². The van der Waals surface area contributed by atoms with Crippen LogP contribution in [0.5, 0.6) is 11.5 Å². The number of hydrogen-bond acceptors (Lipinski definition) is 5. The summed E-state index contributed by atoms with van der Waals surface area (Å²) >= 11 is -1.49. The summed E-state index contributed by atoms with van der Waals surface area (Å²) < 4.78 is 54.5. The fourth-order valence-corrected chi connectivity index (χ4v) is 3.80. The van der Waals surface area contributed by atoms with Crippen molar-refractivity contribution in [1.29, 1.82) is 5.26 Å². The van der Waals surface area contributed by atoms with Gasteiger partial charge in [0.2, 0.25) is 0 Å². The minimum absolute atomic E-state index is 0.102. The van der Waals surface area contributed by atoms with Gasteiger partial charge >= 0.3 is 6.36 Å². The lowest BCUT2D eigenvalue weighted by molar-refractivity contribution is -0.274. The second-order valence-corrected chi connectivity index (χ2v) is 9.15. The van der Waals surface area contributed by atoms with Gasteiger partial charge in [0.25, 0.3) is 5.91 Å². The number of anilines is 1. The number of hydrogen-bond donors (Lipinski definition) is 2. The van der Waals surface area contributed by atoms with E-state index in [1.807, 2.05) is 0 Å². The van der Waals surface area contributed by atoms with Crippen LogP contribution < -0.4 is 10.1 Å². The molecule has 1 unspecified atom stereocenters. The Morgan fingerprint density at radius 1 is 1.26 bits per heavy atom. The van der Waals surface area contributed by atoms with E-state index in [2.05, 4.69) is 10.1 Å². The highest BCUT2D eigenvalue weighted by Gasteiger charge is 2.33. The van der Waals surface area contributed by atoms with E-state index in [1.165, 1.54) is 19.2 Å². The Labute approximate surface area is 180 Å². The van der Waals surface area contributed by atoms with Crippen molar-refractivity contribution in [2.45, 2.75) is 44.4 Å². The maximum absolute atomic E-state index is 13.0. The number of alkyl halides is 3. The number of carbonyl (C=O) groups excluding carboxylic acids is 1. The number of carbonyl (C=O) groups is 1. The van der Waals surface area contributed by atoms with Crippen LogP contribution >= 0.6 is 0 Å². The predicted molar refractivity (Wildman–Crippen MR) is 110 cm³/mol. The predicted octanol–water partition coefficient (Wildman–Crippen LogP) is 4.76. The summed E-state index contributed by atoms with van der Waals surface area (Å²) in [5.41, 5.74) is -0.675. The van der Waals surface area contributed by atoms with Gasteiger partial charge in [0.15, 0.2) is 10.6 Å². The molecule has 2 aromatic carbocycles. The number of ether oxygens (including phenoxy) is 1. The first kappa shape index (κ1) is 24.4. The Morgan fingerprint density at radius 3 is 2.35 bits per heavy atom. The van der Waals surface area contributed by atoms with Crippen LogP contribution in [-0.2, 0) is 16.6 Å². The fraction of sp³-hybridized carbons (Fsp3) is 0.333. The van der Waals surface area contributed by atoms with E-state index in [-0.39, 0.29) is 28.1 Å². The minimum Gasteiger partial charge on any atom is -0.612 e. The summed E-state index contributed by atoms with van der Waals surface area (Å²) in [5, 5.41) is 22.0. The van der Waals surface area contributed by atoms with Crippen LogP contribution in [-0.4, -0.2) is 28.2 Å². The first-order valence-electron chi connectivity index (χ1n) is 8.97. The third-order valence-corrected chi connectivity index (χ3v) is 5.48. The van der Waals surface area contributed by atoms with Crippen LogP contribution in [0.15, 0.2) is 29.2 Å². The third-order valence-electron chi connectivity index (χ3n) is 4.44. The molecule has 0 saturated heterocycles. The normalized spacial score (nSPS) is 12.8. The van der Waals surface area contributed by atoms with Crippen LogP contribution in [0, 0.1) is 18.3 Å². The number of phenolic OH excluding ortho intramolecular Hbond substituents is 1. The van der Waals surface area contributed by atoms with Crippen LogP contribution in [0.2, 0.25) is 0 Å². The molecular formula is C21H21F3N2O4S. The topological polar surface area (TPSA) is 105 Å². The monoisotopic (exact) mass is 454 g/mol. The molecule has 0 bridgehead atoms. The van der Waals surface area contributed by atoms with E-state index in [9.17, 15) is 27.6 Å². The molecule has 31 heavy (non-hydrogen) atoms. The zero-order valence-electron chi connectivity index (χ0n) is 17.5. The van der Waals surface area contributed by atoms with Gasteiger partial charge in [-0.25, -0.2) is 0 Å². The quantitative estimate of drug-likeness (QED) is 0.648. The molecule has 2 aromatic rings. The molecule has 0 aliphatic rings. The van der Waals surface area contributed by atoms with Crippen molar-refractivity contribution in [2.75, 3.05) is 11.6 Å². The SMILES string of the molecule is Cc1c([S+](C)[O-])cc(C(C)(C)C)c(O)c1C(=O)Nc1ccc(C#N)cc1OC(F)(F)F. The van der Waals surface area contributed by atoms with Gasteiger partial charge in [-0.3, -0.25) is 4.79 Å². The van der Waals surface area contributed by atoms with Crippen molar-refractivity contribution in [3.63, 3.8) is 0 Å². The van der Waals surface area contributed by atoms with Gasteiger partial charge in [-0.05, 0) is 35.6 Å². The van der Waals surface area contributed by atoms with Crippen LogP contribution in [0.1, 0.15) is 47.8 Å². The summed E-state index contributed by atoms with van der Waals surface area (Å²) in [4.78, 5) is 13.3. The largest absolute Gasteiger partial charge is 0.612 e. The van der Waals surface area contributed by atoms with E-state index in [0.29, 0.717) is 10.5 Å². The lowest BCUT2D eigenvalue weighted by atomic mass is 9.84. The maximum Gasteiger partial charge on any atom is 0.573 e. The van der Waals surface area contributed by atoms with Crippen LogP contribution in [0.25, 0.3) is 0 Å². The number of benzene rings is 2. The molecule has 2 rings (SSSR count). The summed E-state index contributed by atoms with van der Waals surface area (Å²) in [6, 6.07) is 6.39. The highest BCUT2D eigenvalue weighted by Crippen LogP contribution is 2.39. The Kier molecular flexibility index (Phi) is 6.83. The van der Waals surface area contributed by atoms with Gasteiger partial charge in [-0.1, -0.05) is 20.8 Å². The molecular weight excluding hydrogens is 433 g/mol. The van der Waals surface area contributed by atoms with Crippen molar-refractivity contribution >= 4 is 22.8 Å². The highest BCUT2D eigenvalue weighted by atomic mass is 32.2. The van der Waals surface area contributed by atoms with Crippen LogP contribution in [0.4, 0.5) is 18.9 Å². The molecule has 0 radical (unpaired) electrons. The molecule has 166 valence electrons. The molecule has 0 aromatic heterocycles. The second-order valence-electron chi connectivity index (χ2n) is 7.80. The molecule has 1 amide bonds. The molecule has 6 nitrogen and oxygen atoms in total. The van der Waals surface area contributed by atoms with Crippen molar-refractivity contribution in [1.82, 2.24) is 0 Å². The average molecular weight is 454 g/mol. The summed E-state index contributed by atoms with van der Waals surface area (Å²) in [5.74, 6) is -2.04. The summed E-state index contributed by atoms with van der Waals surface area (Å²) in [7, 11) is 0. The number of phenols is 1. The second kappa shape index (κ2) is 8.69. The van der Waals surface area contributed by atoms with E-state index in [0.717, 1.165) is 12.1 Å². The van der Waals surface area contributed by atoms with E-state index in [1.54, 1.807) is 32.9 Å². The Hall–Kier alpha value is -2.90. The minimum atomic E-state index is -5.05. The zero-order chi connectivity index (χ0) is 23.7. The smallest absolute Gasteiger partial charge is 0.573 e. The van der Waals surface area contributed by atoms with Gasteiger partial charge in [0, 0.05) is 23.3 Å². The molecule has 0 heterocycles. The van der Waals surface area contributed by atoms with E-state index < -0.39 is 34.6 Å². The Morgan fingerprint density at radius 2 is 1.87 bits per heavy atom. The Bertz CT molecular complexity index is 1050. The van der Waals surface area contributed by atoms with Crippen LogP contribution in [0.3, 0.4) is 0 Å². The number of nitrogens with zero attached hydrogens (tertiary/aromatic N) is 1. The Balaban J connectivity index is 2.61. The number of amides is 1. The van der Waals surface area contributed by atoms with Gasteiger partial charge in [0.1, 0.15) is 12.0 Å². The number of nitriles is 1. The summed E-state index contributed by atoms with van der Waals surface area (Å²) in [6.45, 7) is 6.86. The summed E-state index contributed by atoms with van der Waals surface area (Å²) in [6.07, 6.45) is -3.63. The van der Waals surface area contributed by atoms with Gasteiger partial charge < -0.3 is 19.7 Å². The van der Waals surface area contributed by atoms with Gasteiger partial charge in [0.05, 0.1) is 22.9 Å². The molecule has 0 aliphatic heterocycles. The van der Waals surface area contributed by atoms with E-state index in [4.69, 9.17) is 5.26 Å². The maximum atomic E-state index is 13.0. The number of halogens is 3. The lowest BCUT2D eigenvalue weighted by Crippen LogP contribution is -2.22. The molecule has 0 aliphatic carbocycles. The van der Waals surface area contributed by atoms with E-state index >= 15 is 0 Å². The number of nitrogens with one attached hydrogen (secondary N) is 1. The number of aromatic hydroxyl groups is 1. The molecule has 1 atom stereocenters. The van der Waals surface area contributed by atoms with Crippen molar-refractivity contribution in [3.05, 3.63) is 46.5 Å².